The molecule has 2 aromatic heterocycles. The number of morpholine rings is 1. The lowest BCUT2D eigenvalue weighted by molar-refractivity contribution is -0.142. The van der Waals surface area contributed by atoms with Gasteiger partial charge in [-0.2, -0.15) is 0 Å². The summed E-state index contributed by atoms with van der Waals surface area (Å²) in [5.41, 5.74) is 0.332. The van der Waals surface area contributed by atoms with Crippen LogP contribution in [0.15, 0.2) is 24.4 Å². The smallest absolute Gasteiger partial charge is 0.306 e. The molecule has 158 valence electrons. The fourth-order valence-electron chi connectivity index (χ4n) is 3.75. The third-order valence-corrected chi connectivity index (χ3v) is 5.39. The quantitative estimate of drug-likeness (QED) is 0.762. The maximum Gasteiger partial charge on any atom is 0.306 e. The van der Waals surface area contributed by atoms with Crippen LogP contribution in [0.1, 0.15) is 25.7 Å². The summed E-state index contributed by atoms with van der Waals surface area (Å²) < 4.78 is 19.6. The minimum Gasteiger partial charge on any atom is -0.481 e. The first-order chi connectivity index (χ1) is 14.5. The predicted octanol–water partition coefficient (Wildman–Crippen LogP) is 2.10. The number of aromatic nitrogens is 3. The minimum atomic E-state index is -0.765. The molecule has 10 heteroatoms. The second-order valence-corrected chi connectivity index (χ2v) is 7.40. The largest absolute Gasteiger partial charge is 0.481 e. The molecule has 2 aliphatic rings. The van der Waals surface area contributed by atoms with Gasteiger partial charge in [-0.1, -0.05) is 6.07 Å². The van der Waals surface area contributed by atoms with Crippen LogP contribution in [0, 0.1) is 11.7 Å². The highest BCUT2D eigenvalue weighted by Gasteiger charge is 2.27. The molecule has 2 aromatic rings. The van der Waals surface area contributed by atoms with Crippen molar-refractivity contribution in [1.82, 2.24) is 15.0 Å². The molecule has 0 bridgehead atoms. The number of pyridine rings is 1. The summed E-state index contributed by atoms with van der Waals surface area (Å²) in [4.78, 5) is 37.4. The Labute approximate surface area is 172 Å². The van der Waals surface area contributed by atoms with Gasteiger partial charge in [-0.25, -0.2) is 19.3 Å². The Bertz CT molecular complexity index is 949. The number of rotatable bonds is 5. The number of aliphatic carboxylic acids is 1. The first kappa shape index (κ1) is 20.1. The number of carbonyl (C=O) groups is 2. The van der Waals surface area contributed by atoms with E-state index < -0.39 is 11.8 Å². The summed E-state index contributed by atoms with van der Waals surface area (Å²) in [6, 6.07) is 5.04. The normalized spacial score (nSPS) is 22.0. The molecular weight excluding hydrogens is 393 g/mol. The van der Waals surface area contributed by atoms with Crippen LogP contribution in [-0.4, -0.2) is 57.7 Å². The number of carboxylic acids is 1. The number of carboxylic acid groups (broad SMARTS) is 1. The summed E-state index contributed by atoms with van der Waals surface area (Å²) in [6.07, 6.45) is 3.61. The summed E-state index contributed by atoms with van der Waals surface area (Å²) in [7, 11) is 0. The van der Waals surface area contributed by atoms with Crippen LogP contribution in [0.3, 0.4) is 0 Å². The molecule has 2 N–H and O–H groups in total. The fourth-order valence-corrected chi connectivity index (χ4v) is 3.75. The second-order valence-electron chi connectivity index (χ2n) is 7.40. The molecule has 9 nitrogen and oxygen atoms in total. The van der Waals surface area contributed by atoms with E-state index in [1.54, 1.807) is 18.2 Å². The average molecular weight is 415 g/mol. The van der Waals surface area contributed by atoms with Crippen molar-refractivity contribution in [2.75, 3.05) is 30.0 Å². The van der Waals surface area contributed by atoms with Gasteiger partial charge in [-0.3, -0.25) is 14.5 Å². The molecule has 1 aliphatic heterocycles. The molecule has 0 radical (unpaired) electrons. The highest BCUT2D eigenvalue weighted by atomic mass is 19.1. The first-order valence-corrected chi connectivity index (χ1v) is 9.88. The van der Waals surface area contributed by atoms with E-state index >= 15 is 0 Å². The molecule has 0 aromatic carbocycles. The summed E-state index contributed by atoms with van der Waals surface area (Å²) in [5, 5.41) is 12.3. The predicted molar refractivity (Wildman–Crippen MR) is 105 cm³/mol. The van der Waals surface area contributed by atoms with Gasteiger partial charge in [0, 0.05) is 6.04 Å². The van der Waals surface area contributed by atoms with Crippen molar-refractivity contribution in [2.24, 2.45) is 5.92 Å². The van der Waals surface area contributed by atoms with Crippen molar-refractivity contribution in [3.63, 3.8) is 0 Å². The van der Waals surface area contributed by atoms with Crippen LogP contribution in [0.5, 0.6) is 0 Å². The van der Waals surface area contributed by atoms with Gasteiger partial charge in [-0.05, 0) is 37.8 Å². The average Bonchev–Trinajstić information content (AvgIpc) is 2.76. The SMILES string of the molecule is O=C1COCCN1c1cccc(-c2nc(N[C@H]3CC[C@H](C(=O)O)CC3)ncc2F)n1. The van der Waals surface area contributed by atoms with Gasteiger partial charge < -0.3 is 15.2 Å². The van der Waals surface area contributed by atoms with E-state index in [4.69, 9.17) is 9.84 Å². The number of carbonyl (C=O) groups excluding carboxylic acids is 1. The molecular formula is C20H22FN5O4. The third-order valence-electron chi connectivity index (χ3n) is 5.39. The van der Waals surface area contributed by atoms with Crippen molar-refractivity contribution in [1.29, 1.82) is 0 Å². The Kier molecular flexibility index (Phi) is 5.84. The zero-order chi connectivity index (χ0) is 21.1. The van der Waals surface area contributed by atoms with E-state index in [-0.39, 0.29) is 36.1 Å². The fraction of sp³-hybridized carbons (Fsp3) is 0.450. The van der Waals surface area contributed by atoms with Gasteiger partial charge >= 0.3 is 5.97 Å². The van der Waals surface area contributed by atoms with Crippen molar-refractivity contribution in [3.05, 3.63) is 30.2 Å². The Hall–Kier alpha value is -3.14. The van der Waals surface area contributed by atoms with Crippen molar-refractivity contribution in [2.45, 2.75) is 31.7 Å². The molecule has 0 unspecified atom stereocenters. The van der Waals surface area contributed by atoms with Crippen molar-refractivity contribution >= 4 is 23.6 Å². The van der Waals surface area contributed by atoms with Gasteiger partial charge in [0.15, 0.2) is 5.82 Å². The van der Waals surface area contributed by atoms with E-state index in [0.717, 1.165) is 6.20 Å². The number of nitrogens with zero attached hydrogens (tertiary/aromatic N) is 4. The topological polar surface area (TPSA) is 118 Å². The third kappa shape index (κ3) is 4.38. The lowest BCUT2D eigenvalue weighted by atomic mass is 9.86. The maximum atomic E-state index is 14.5. The van der Waals surface area contributed by atoms with Crippen LogP contribution in [0.4, 0.5) is 16.2 Å². The van der Waals surface area contributed by atoms with Gasteiger partial charge in [0.25, 0.3) is 5.91 Å². The lowest BCUT2D eigenvalue weighted by Crippen LogP contribution is -2.42. The molecule has 1 saturated carbocycles. The number of hydrogen-bond acceptors (Lipinski definition) is 7. The highest BCUT2D eigenvalue weighted by Crippen LogP contribution is 2.27. The first-order valence-electron chi connectivity index (χ1n) is 9.88. The van der Waals surface area contributed by atoms with Crippen molar-refractivity contribution in [3.8, 4) is 11.4 Å². The molecule has 30 heavy (non-hydrogen) atoms. The van der Waals surface area contributed by atoms with Gasteiger partial charge in [0.2, 0.25) is 5.95 Å². The molecule has 0 spiro atoms. The number of hydrogen-bond donors (Lipinski definition) is 2. The number of amides is 1. The number of nitrogens with one attached hydrogen (secondary N) is 1. The molecule has 1 aliphatic carbocycles. The standard InChI is InChI=1S/C20H22FN5O4/c21-14-10-22-20(23-13-6-4-12(5-7-13)19(28)29)25-18(14)15-2-1-3-16(24-15)26-8-9-30-11-17(26)27/h1-3,10,12-13H,4-9,11H2,(H,28,29)(H,22,23,25)/t12-,13-. The Balaban J connectivity index is 1.52. The highest BCUT2D eigenvalue weighted by molar-refractivity contribution is 5.94. The lowest BCUT2D eigenvalue weighted by Gasteiger charge is -2.27. The van der Waals surface area contributed by atoms with Crippen LogP contribution in [0.2, 0.25) is 0 Å². The molecule has 4 rings (SSSR count). The molecule has 3 heterocycles. The van der Waals surface area contributed by atoms with Gasteiger partial charge in [0.05, 0.1) is 31.0 Å². The molecule has 1 amide bonds. The minimum absolute atomic E-state index is 0.00797. The van der Waals surface area contributed by atoms with Gasteiger partial charge in [0.1, 0.15) is 18.1 Å². The van der Waals surface area contributed by atoms with E-state index in [9.17, 15) is 14.0 Å². The number of ether oxygens (including phenoxy) is 1. The number of anilines is 2. The Morgan fingerprint density at radius 3 is 2.77 bits per heavy atom. The van der Waals surface area contributed by atoms with E-state index in [2.05, 4.69) is 20.3 Å². The van der Waals surface area contributed by atoms with E-state index in [0.29, 0.717) is 50.3 Å². The number of halogens is 1. The van der Waals surface area contributed by atoms with Crippen LogP contribution >= 0.6 is 0 Å². The van der Waals surface area contributed by atoms with E-state index in [1.807, 2.05) is 0 Å². The maximum absolute atomic E-state index is 14.5. The monoisotopic (exact) mass is 415 g/mol. The Morgan fingerprint density at radius 2 is 2.03 bits per heavy atom. The molecule has 2 fully saturated rings. The molecule has 0 atom stereocenters. The van der Waals surface area contributed by atoms with E-state index in [1.165, 1.54) is 4.90 Å². The Morgan fingerprint density at radius 1 is 1.23 bits per heavy atom. The summed E-state index contributed by atoms with van der Waals surface area (Å²) in [6.45, 7) is 0.789. The summed E-state index contributed by atoms with van der Waals surface area (Å²) in [5.74, 6) is -1.22. The second kappa shape index (κ2) is 8.70. The zero-order valence-electron chi connectivity index (χ0n) is 16.3. The molecule has 1 saturated heterocycles. The zero-order valence-corrected chi connectivity index (χ0v) is 16.3. The van der Waals surface area contributed by atoms with Crippen LogP contribution in [0.25, 0.3) is 11.4 Å². The van der Waals surface area contributed by atoms with Gasteiger partial charge in [-0.15, -0.1) is 0 Å². The van der Waals surface area contributed by atoms with Crippen molar-refractivity contribution < 1.29 is 23.8 Å². The van der Waals surface area contributed by atoms with Crippen LogP contribution in [-0.2, 0) is 14.3 Å². The van der Waals surface area contributed by atoms with Crippen LogP contribution < -0.4 is 10.2 Å². The summed E-state index contributed by atoms with van der Waals surface area (Å²) >= 11 is 0.